The molecule has 1 heterocycles. The molecule has 0 atom stereocenters. The van der Waals surface area contributed by atoms with Gasteiger partial charge in [-0.3, -0.25) is 0 Å². The summed E-state index contributed by atoms with van der Waals surface area (Å²) >= 11 is 7.67. The molecule has 2 aromatic carbocycles. The van der Waals surface area contributed by atoms with Gasteiger partial charge in [0.15, 0.2) is 11.0 Å². The van der Waals surface area contributed by atoms with E-state index >= 15 is 0 Å². The van der Waals surface area contributed by atoms with Crippen molar-refractivity contribution in [2.24, 2.45) is 7.05 Å². The van der Waals surface area contributed by atoms with Gasteiger partial charge >= 0.3 is 0 Å². The van der Waals surface area contributed by atoms with E-state index in [1.165, 1.54) is 0 Å². The van der Waals surface area contributed by atoms with Crippen molar-refractivity contribution in [1.29, 1.82) is 0 Å². The third kappa shape index (κ3) is 3.91. The minimum absolute atomic E-state index is 0.660. The number of ether oxygens (including phenoxy) is 1. The molecule has 0 bridgehead atoms. The molecule has 0 saturated carbocycles. The normalized spacial score (nSPS) is 10.8. The lowest BCUT2D eigenvalue weighted by Crippen LogP contribution is -1.96. The zero-order valence-corrected chi connectivity index (χ0v) is 15.1. The maximum absolute atomic E-state index is 6.02. The van der Waals surface area contributed by atoms with Crippen molar-refractivity contribution in [3.63, 3.8) is 0 Å². The minimum atomic E-state index is 0.660. The summed E-state index contributed by atoms with van der Waals surface area (Å²) < 4.78 is 7.48. The number of rotatable bonds is 6. The summed E-state index contributed by atoms with van der Waals surface area (Å²) in [6, 6.07) is 15.8. The highest BCUT2D eigenvalue weighted by Crippen LogP contribution is 2.27. The molecule has 0 amide bonds. The summed E-state index contributed by atoms with van der Waals surface area (Å²) in [5.74, 6) is 2.50. The molecule has 0 aliphatic rings. The molecule has 0 radical (unpaired) electrons. The van der Waals surface area contributed by atoms with E-state index in [0.29, 0.717) is 6.61 Å². The second kappa shape index (κ2) is 7.73. The molecule has 3 aromatic rings. The van der Waals surface area contributed by atoms with E-state index < -0.39 is 0 Å². The number of hydrogen-bond acceptors (Lipinski definition) is 4. The molecule has 0 aliphatic heterocycles. The Kier molecular flexibility index (Phi) is 5.43. The minimum Gasteiger partial charge on any atom is -0.494 e. The van der Waals surface area contributed by atoms with E-state index in [9.17, 15) is 0 Å². The third-order valence-corrected chi connectivity index (χ3v) is 4.84. The van der Waals surface area contributed by atoms with E-state index in [2.05, 4.69) is 16.3 Å². The van der Waals surface area contributed by atoms with Crippen LogP contribution >= 0.6 is 23.4 Å². The van der Waals surface area contributed by atoms with E-state index in [-0.39, 0.29) is 0 Å². The van der Waals surface area contributed by atoms with Gasteiger partial charge in [-0.15, -0.1) is 10.2 Å². The molecule has 3 rings (SSSR count). The van der Waals surface area contributed by atoms with Gasteiger partial charge in [0.25, 0.3) is 0 Å². The largest absolute Gasteiger partial charge is 0.494 e. The maximum Gasteiger partial charge on any atom is 0.191 e. The second-order valence-corrected chi connectivity index (χ2v) is 6.62. The summed E-state index contributed by atoms with van der Waals surface area (Å²) in [6.45, 7) is 2.63. The van der Waals surface area contributed by atoms with Gasteiger partial charge in [0.2, 0.25) is 0 Å². The molecule has 0 aliphatic carbocycles. The van der Waals surface area contributed by atoms with Crippen LogP contribution in [0.4, 0.5) is 0 Å². The number of hydrogen-bond donors (Lipinski definition) is 0. The molecule has 0 spiro atoms. The molecular formula is C18H18ClN3OS. The van der Waals surface area contributed by atoms with Crippen LogP contribution in [-0.4, -0.2) is 21.4 Å². The van der Waals surface area contributed by atoms with Crippen LogP contribution in [0.1, 0.15) is 12.5 Å². The van der Waals surface area contributed by atoms with Crippen LogP contribution in [0.3, 0.4) is 0 Å². The van der Waals surface area contributed by atoms with Crippen LogP contribution < -0.4 is 4.74 Å². The lowest BCUT2D eigenvalue weighted by Gasteiger charge is -2.06. The number of aromatic nitrogens is 3. The van der Waals surface area contributed by atoms with Crippen LogP contribution in [-0.2, 0) is 12.8 Å². The summed E-state index contributed by atoms with van der Waals surface area (Å²) in [5.41, 5.74) is 2.18. The van der Waals surface area contributed by atoms with Crippen molar-refractivity contribution in [1.82, 2.24) is 14.8 Å². The average molecular weight is 360 g/mol. The number of halogens is 1. The molecule has 124 valence electrons. The van der Waals surface area contributed by atoms with Crippen LogP contribution in [0.5, 0.6) is 5.75 Å². The van der Waals surface area contributed by atoms with Gasteiger partial charge < -0.3 is 9.30 Å². The van der Waals surface area contributed by atoms with Gasteiger partial charge in [-0.05, 0) is 48.9 Å². The van der Waals surface area contributed by atoms with E-state index in [1.54, 1.807) is 11.8 Å². The molecule has 1 aromatic heterocycles. The smallest absolute Gasteiger partial charge is 0.191 e. The SMILES string of the molecule is CCOc1ccc(-c2nnc(SCc3cccc(Cl)c3)n2C)cc1. The Morgan fingerprint density at radius 1 is 1.12 bits per heavy atom. The number of benzene rings is 2. The first kappa shape index (κ1) is 16.9. The number of thioether (sulfide) groups is 1. The van der Waals surface area contributed by atoms with E-state index in [0.717, 1.165) is 38.6 Å². The highest BCUT2D eigenvalue weighted by Gasteiger charge is 2.11. The number of nitrogens with zero attached hydrogens (tertiary/aromatic N) is 3. The fraction of sp³-hybridized carbons (Fsp3) is 0.222. The molecule has 4 nitrogen and oxygen atoms in total. The standard InChI is InChI=1S/C18H18ClN3OS/c1-3-23-16-9-7-14(8-10-16)17-20-21-18(22(17)2)24-12-13-5-4-6-15(19)11-13/h4-11H,3,12H2,1-2H3. The summed E-state index contributed by atoms with van der Waals surface area (Å²) in [7, 11) is 1.98. The first-order valence-corrected chi connectivity index (χ1v) is 9.03. The van der Waals surface area contributed by atoms with Crippen LogP contribution in [0.2, 0.25) is 5.02 Å². The van der Waals surface area contributed by atoms with E-state index in [1.807, 2.05) is 61.0 Å². The zero-order chi connectivity index (χ0) is 16.9. The topological polar surface area (TPSA) is 39.9 Å². The van der Waals surface area contributed by atoms with Crippen molar-refractivity contribution in [3.05, 3.63) is 59.1 Å². The third-order valence-electron chi connectivity index (χ3n) is 3.52. The van der Waals surface area contributed by atoms with Crippen molar-refractivity contribution in [2.75, 3.05) is 6.61 Å². The molecule has 0 N–H and O–H groups in total. The van der Waals surface area contributed by atoms with Gasteiger partial charge in [-0.2, -0.15) is 0 Å². The van der Waals surface area contributed by atoms with Gasteiger partial charge in [0, 0.05) is 23.4 Å². The highest BCUT2D eigenvalue weighted by atomic mass is 35.5. The molecular weight excluding hydrogens is 342 g/mol. The molecule has 0 fully saturated rings. The quantitative estimate of drug-likeness (QED) is 0.591. The van der Waals surface area contributed by atoms with Crippen LogP contribution in [0, 0.1) is 0 Å². The molecule has 6 heteroatoms. The summed E-state index contributed by atoms with van der Waals surface area (Å²) in [6.07, 6.45) is 0. The second-order valence-electron chi connectivity index (χ2n) is 5.24. The fourth-order valence-electron chi connectivity index (χ4n) is 2.33. The van der Waals surface area contributed by atoms with E-state index in [4.69, 9.17) is 16.3 Å². The Hall–Kier alpha value is -1.98. The Balaban J connectivity index is 1.73. The van der Waals surface area contributed by atoms with Gasteiger partial charge in [0.1, 0.15) is 5.75 Å². The lowest BCUT2D eigenvalue weighted by molar-refractivity contribution is 0.340. The lowest BCUT2D eigenvalue weighted by atomic mass is 10.2. The predicted octanol–water partition coefficient (Wildman–Crippen LogP) is 4.83. The fourth-order valence-corrected chi connectivity index (χ4v) is 3.40. The van der Waals surface area contributed by atoms with Crippen molar-refractivity contribution in [2.45, 2.75) is 17.8 Å². The monoisotopic (exact) mass is 359 g/mol. The molecule has 24 heavy (non-hydrogen) atoms. The van der Waals surface area contributed by atoms with Crippen molar-refractivity contribution in [3.8, 4) is 17.1 Å². The summed E-state index contributed by atoms with van der Waals surface area (Å²) in [5, 5.41) is 10.2. The Morgan fingerprint density at radius 2 is 1.92 bits per heavy atom. The van der Waals surface area contributed by atoms with Crippen LogP contribution in [0.15, 0.2) is 53.7 Å². The Morgan fingerprint density at radius 3 is 2.62 bits per heavy atom. The van der Waals surface area contributed by atoms with Gasteiger partial charge in [-0.1, -0.05) is 35.5 Å². The van der Waals surface area contributed by atoms with Crippen molar-refractivity contribution < 1.29 is 4.74 Å². The first-order valence-electron chi connectivity index (χ1n) is 7.67. The van der Waals surface area contributed by atoms with Gasteiger partial charge in [-0.25, -0.2) is 0 Å². The predicted molar refractivity (Wildman–Crippen MR) is 98.6 cm³/mol. The maximum atomic E-state index is 6.02. The van der Waals surface area contributed by atoms with Crippen LogP contribution in [0.25, 0.3) is 11.4 Å². The average Bonchev–Trinajstić information content (AvgIpc) is 2.95. The van der Waals surface area contributed by atoms with Crippen molar-refractivity contribution >= 4 is 23.4 Å². The highest BCUT2D eigenvalue weighted by molar-refractivity contribution is 7.98. The van der Waals surface area contributed by atoms with Gasteiger partial charge in [0.05, 0.1) is 6.61 Å². The zero-order valence-electron chi connectivity index (χ0n) is 13.6. The Labute approximate surface area is 150 Å². The molecule has 0 saturated heterocycles. The summed E-state index contributed by atoms with van der Waals surface area (Å²) in [4.78, 5) is 0. The first-order chi connectivity index (χ1) is 11.7. The Bertz CT molecular complexity index is 817. The molecule has 0 unspecified atom stereocenters.